The highest BCUT2D eigenvalue weighted by molar-refractivity contribution is 8.00. The molecule has 110 valence electrons. The summed E-state index contributed by atoms with van der Waals surface area (Å²) in [4.78, 5) is 19.4. The lowest BCUT2D eigenvalue weighted by Gasteiger charge is -2.33. The average Bonchev–Trinajstić information content (AvgIpc) is 2.48. The first-order valence-corrected chi connectivity index (χ1v) is 8.32. The summed E-state index contributed by atoms with van der Waals surface area (Å²) in [6.07, 6.45) is 9.46. The number of hydrogen-bond acceptors (Lipinski definition) is 4. The van der Waals surface area contributed by atoms with Crippen molar-refractivity contribution in [2.24, 2.45) is 0 Å². The molecular weight excluding hydrogens is 270 g/mol. The van der Waals surface area contributed by atoms with Crippen LogP contribution in [-0.4, -0.2) is 34.1 Å². The van der Waals surface area contributed by atoms with E-state index in [2.05, 4.69) is 11.9 Å². The minimum atomic E-state index is 0.223. The standard InChI is InChI=1S/C15H23N3OS/c1-2-18(12-6-4-3-5-7-12)15(19)11-20-14-8-9-17-10-13(14)16/h8-10,12H,2-7,11,16H2,1H3. The van der Waals surface area contributed by atoms with Gasteiger partial charge in [-0.3, -0.25) is 9.78 Å². The molecule has 1 fully saturated rings. The first-order chi connectivity index (χ1) is 9.72. The van der Waals surface area contributed by atoms with Gasteiger partial charge in [0, 0.05) is 23.7 Å². The Labute approximate surface area is 125 Å². The number of nitrogens with two attached hydrogens (primary N) is 1. The topological polar surface area (TPSA) is 59.2 Å². The van der Waals surface area contributed by atoms with Gasteiger partial charge in [-0.1, -0.05) is 19.3 Å². The Kier molecular flexibility index (Phi) is 5.71. The number of aromatic nitrogens is 1. The van der Waals surface area contributed by atoms with Crippen molar-refractivity contribution < 1.29 is 4.79 Å². The van der Waals surface area contributed by atoms with Gasteiger partial charge >= 0.3 is 0 Å². The van der Waals surface area contributed by atoms with E-state index in [9.17, 15) is 4.79 Å². The summed E-state index contributed by atoms with van der Waals surface area (Å²) in [5, 5.41) is 0. The smallest absolute Gasteiger partial charge is 0.233 e. The van der Waals surface area contributed by atoms with E-state index in [1.165, 1.54) is 31.0 Å². The van der Waals surface area contributed by atoms with Gasteiger partial charge in [0.15, 0.2) is 0 Å². The normalized spacial score (nSPS) is 16.1. The molecule has 0 unspecified atom stereocenters. The van der Waals surface area contributed by atoms with E-state index in [0.717, 1.165) is 24.3 Å². The van der Waals surface area contributed by atoms with Crippen molar-refractivity contribution in [3.05, 3.63) is 18.5 Å². The van der Waals surface area contributed by atoms with E-state index in [0.29, 0.717) is 17.5 Å². The molecule has 2 N–H and O–H groups in total. The van der Waals surface area contributed by atoms with Crippen LogP contribution in [-0.2, 0) is 4.79 Å². The monoisotopic (exact) mass is 293 g/mol. The molecule has 1 heterocycles. The fourth-order valence-corrected chi connectivity index (χ4v) is 3.60. The van der Waals surface area contributed by atoms with Crippen molar-refractivity contribution in [3.8, 4) is 0 Å². The molecule has 4 nitrogen and oxygen atoms in total. The molecule has 1 aromatic heterocycles. The molecule has 0 spiro atoms. The SMILES string of the molecule is CCN(C(=O)CSc1ccncc1N)C1CCCCC1. The third kappa shape index (κ3) is 3.88. The van der Waals surface area contributed by atoms with E-state index in [1.807, 2.05) is 11.0 Å². The molecular formula is C15H23N3OS. The molecule has 0 radical (unpaired) electrons. The predicted molar refractivity (Wildman–Crippen MR) is 83.6 cm³/mol. The van der Waals surface area contributed by atoms with Gasteiger partial charge in [0.05, 0.1) is 17.6 Å². The maximum Gasteiger partial charge on any atom is 0.233 e. The largest absolute Gasteiger partial charge is 0.397 e. The first-order valence-electron chi connectivity index (χ1n) is 7.34. The van der Waals surface area contributed by atoms with Gasteiger partial charge in [-0.05, 0) is 25.8 Å². The zero-order chi connectivity index (χ0) is 14.4. The molecule has 1 aliphatic rings. The fourth-order valence-electron chi connectivity index (χ4n) is 2.78. The van der Waals surface area contributed by atoms with Crippen molar-refractivity contribution in [2.75, 3.05) is 18.0 Å². The molecule has 1 aromatic rings. The van der Waals surface area contributed by atoms with Crippen LogP contribution in [0.1, 0.15) is 39.0 Å². The second-order valence-electron chi connectivity index (χ2n) is 5.17. The lowest BCUT2D eigenvalue weighted by Crippen LogP contribution is -2.42. The van der Waals surface area contributed by atoms with Gasteiger partial charge in [0.2, 0.25) is 5.91 Å². The third-order valence-corrected chi connectivity index (χ3v) is 4.91. The highest BCUT2D eigenvalue weighted by atomic mass is 32.2. The van der Waals surface area contributed by atoms with Crippen LogP contribution in [0.2, 0.25) is 0 Å². The maximum atomic E-state index is 12.4. The maximum absolute atomic E-state index is 12.4. The lowest BCUT2D eigenvalue weighted by molar-refractivity contribution is -0.131. The molecule has 1 aliphatic carbocycles. The average molecular weight is 293 g/mol. The van der Waals surface area contributed by atoms with Crippen LogP contribution in [0.3, 0.4) is 0 Å². The zero-order valence-electron chi connectivity index (χ0n) is 12.0. The number of rotatable bonds is 5. The molecule has 0 saturated heterocycles. The number of anilines is 1. The highest BCUT2D eigenvalue weighted by Crippen LogP contribution is 2.26. The van der Waals surface area contributed by atoms with Gasteiger partial charge < -0.3 is 10.6 Å². The molecule has 5 heteroatoms. The number of nitrogens with zero attached hydrogens (tertiary/aromatic N) is 2. The van der Waals surface area contributed by atoms with Gasteiger partial charge in [-0.2, -0.15) is 0 Å². The fraction of sp³-hybridized carbons (Fsp3) is 0.600. The number of carbonyl (C=O) groups is 1. The van der Waals surface area contributed by atoms with Crippen LogP contribution in [0.5, 0.6) is 0 Å². The van der Waals surface area contributed by atoms with Crippen LogP contribution in [0.25, 0.3) is 0 Å². The minimum absolute atomic E-state index is 0.223. The summed E-state index contributed by atoms with van der Waals surface area (Å²) in [7, 11) is 0. The molecule has 2 rings (SSSR count). The van der Waals surface area contributed by atoms with E-state index in [1.54, 1.807) is 12.4 Å². The summed E-state index contributed by atoms with van der Waals surface area (Å²) in [6.45, 7) is 2.87. The van der Waals surface area contributed by atoms with E-state index >= 15 is 0 Å². The van der Waals surface area contributed by atoms with Crippen LogP contribution < -0.4 is 5.73 Å². The van der Waals surface area contributed by atoms with Gasteiger partial charge in [0.1, 0.15) is 0 Å². The van der Waals surface area contributed by atoms with E-state index in [-0.39, 0.29) is 5.91 Å². The van der Waals surface area contributed by atoms with Crippen LogP contribution in [0.4, 0.5) is 5.69 Å². The van der Waals surface area contributed by atoms with Gasteiger partial charge in [-0.25, -0.2) is 0 Å². The van der Waals surface area contributed by atoms with Crippen molar-refractivity contribution >= 4 is 23.4 Å². The summed E-state index contributed by atoms with van der Waals surface area (Å²) >= 11 is 1.51. The van der Waals surface area contributed by atoms with Crippen LogP contribution >= 0.6 is 11.8 Å². The Morgan fingerprint density at radius 2 is 2.20 bits per heavy atom. The van der Waals surface area contributed by atoms with Crippen molar-refractivity contribution in [3.63, 3.8) is 0 Å². The number of nitrogen functional groups attached to an aromatic ring is 1. The van der Waals surface area contributed by atoms with Crippen LogP contribution in [0.15, 0.2) is 23.4 Å². The number of pyridine rings is 1. The quantitative estimate of drug-likeness (QED) is 0.848. The number of hydrogen-bond donors (Lipinski definition) is 1. The van der Waals surface area contributed by atoms with Crippen molar-refractivity contribution in [2.45, 2.75) is 50.0 Å². The lowest BCUT2D eigenvalue weighted by atomic mass is 9.94. The molecule has 0 bridgehead atoms. The zero-order valence-corrected chi connectivity index (χ0v) is 12.9. The molecule has 0 aliphatic heterocycles. The number of thioether (sulfide) groups is 1. The number of amides is 1. The number of carbonyl (C=O) groups excluding carboxylic acids is 1. The summed E-state index contributed by atoms with van der Waals surface area (Å²) in [5.41, 5.74) is 6.49. The predicted octanol–water partition coefficient (Wildman–Crippen LogP) is 2.94. The summed E-state index contributed by atoms with van der Waals surface area (Å²) < 4.78 is 0. The summed E-state index contributed by atoms with van der Waals surface area (Å²) in [6, 6.07) is 2.31. The molecule has 0 atom stereocenters. The van der Waals surface area contributed by atoms with Gasteiger partial charge in [-0.15, -0.1) is 11.8 Å². The summed E-state index contributed by atoms with van der Waals surface area (Å²) in [5.74, 6) is 0.680. The Balaban J connectivity index is 1.90. The molecule has 20 heavy (non-hydrogen) atoms. The van der Waals surface area contributed by atoms with Gasteiger partial charge in [0.25, 0.3) is 0 Å². The molecule has 0 aromatic carbocycles. The second kappa shape index (κ2) is 7.53. The third-order valence-electron chi connectivity index (χ3n) is 3.84. The molecule has 1 saturated carbocycles. The first kappa shape index (κ1) is 15.2. The van der Waals surface area contributed by atoms with Crippen LogP contribution in [0, 0.1) is 0 Å². The Morgan fingerprint density at radius 1 is 1.45 bits per heavy atom. The van der Waals surface area contributed by atoms with E-state index in [4.69, 9.17) is 5.73 Å². The Bertz CT molecular complexity index is 446. The van der Waals surface area contributed by atoms with E-state index < -0.39 is 0 Å². The Morgan fingerprint density at radius 3 is 2.85 bits per heavy atom. The Hall–Kier alpha value is -1.23. The molecule has 1 amide bonds. The minimum Gasteiger partial charge on any atom is -0.397 e. The van der Waals surface area contributed by atoms with Crippen molar-refractivity contribution in [1.29, 1.82) is 0 Å². The van der Waals surface area contributed by atoms with Crippen molar-refractivity contribution in [1.82, 2.24) is 9.88 Å². The highest BCUT2D eigenvalue weighted by Gasteiger charge is 2.23. The second-order valence-corrected chi connectivity index (χ2v) is 6.19.